The summed E-state index contributed by atoms with van der Waals surface area (Å²) in [5, 5.41) is 0. The van der Waals surface area contributed by atoms with Crippen molar-refractivity contribution in [1.29, 1.82) is 0 Å². The molecular weight excluding hydrogens is 340 g/mol. The minimum atomic E-state index is -3.54. The van der Waals surface area contributed by atoms with Crippen LogP contribution >= 0.6 is 27.7 Å². The Morgan fingerprint density at radius 1 is 1.44 bits per heavy atom. The molecule has 2 heterocycles. The van der Waals surface area contributed by atoms with E-state index in [4.69, 9.17) is 5.84 Å². The van der Waals surface area contributed by atoms with Gasteiger partial charge in [-0.3, -0.25) is 0 Å². The first-order valence-corrected chi connectivity index (χ1v) is 8.64. The highest BCUT2D eigenvalue weighted by atomic mass is 79.9. The number of rotatable bonds is 3. The minimum Gasteiger partial charge on any atom is -0.307 e. The van der Waals surface area contributed by atoms with Crippen LogP contribution in [0.4, 0.5) is 5.82 Å². The molecule has 0 amide bonds. The maximum atomic E-state index is 12.5. The lowest BCUT2D eigenvalue weighted by molar-refractivity contribution is 0.443. The molecule has 1 fully saturated rings. The Morgan fingerprint density at radius 2 is 2.11 bits per heavy atom. The summed E-state index contributed by atoms with van der Waals surface area (Å²) >= 11 is 4.98. The third-order valence-electron chi connectivity index (χ3n) is 2.54. The van der Waals surface area contributed by atoms with Crippen LogP contribution in [0.25, 0.3) is 0 Å². The second-order valence-corrected chi connectivity index (χ2v) is 7.71. The largest absolute Gasteiger partial charge is 0.307 e. The molecule has 0 aromatic carbocycles. The molecule has 0 bridgehead atoms. The molecule has 0 spiro atoms. The van der Waals surface area contributed by atoms with Crippen molar-refractivity contribution in [2.24, 2.45) is 5.84 Å². The predicted molar refractivity (Wildman–Crippen MR) is 75.8 cm³/mol. The van der Waals surface area contributed by atoms with E-state index in [0.29, 0.717) is 17.6 Å². The number of nitrogens with one attached hydrogen (secondary N) is 1. The molecule has 0 atom stereocenters. The average molecular weight is 353 g/mol. The van der Waals surface area contributed by atoms with Gasteiger partial charge >= 0.3 is 0 Å². The number of nitrogens with two attached hydrogens (primary N) is 1. The Hall–Kier alpha value is -0.350. The maximum Gasteiger partial charge on any atom is 0.246 e. The Morgan fingerprint density at radius 3 is 2.72 bits per heavy atom. The van der Waals surface area contributed by atoms with Crippen molar-refractivity contribution < 1.29 is 8.42 Å². The maximum absolute atomic E-state index is 12.5. The number of thioether (sulfide) groups is 1. The molecule has 1 aromatic heterocycles. The van der Waals surface area contributed by atoms with Gasteiger partial charge in [0.1, 0.15) is 4.90 Å². The number of hydrogen-bond acceptors (Lipinski definition) is 6. The number of sulfonamides is 1. The van der Waals surface area contributed by atoms with Crippen molar-refractivity contribution in [3.05, 3.63) is 16.7 Å². The van der Waals surface area contributed by atoms with Crippen LogP contribution in [0.5, 0.6) is 0 Å². The van der Waals surface area contributed by atoms with E-state index in [1.165, 1.54) is 16.6 Å². The Labute approximate surface area is 118 Å². The highest BCUT2D eigenvalue weighted by Gasteiger charge is 2.29. The Kier molecular flexibility index (Phi) is 4.49. The summed E-state index contributed by atoms with van der Waals surface area (Å²) in [5.74, 6) is 7.10. The van der Waals surface area contributed by atoms with Crippen LogP contribution in [0, 0.1) is 0 Å². The Balaban J connectivity index is 2.42. The summed E-state index contributed by atoms with van der Waals surface area (Å²) in [6.45, 7) is 1.03. The lowest BCUT2D eigenvalue weighted by Gasteiger charge is -2.26. The molecule has 100 valence electrons. The predicted octanol–water partition coefficient (Wildman–Crippen LogP) is 0.867. The van der Waals surface area contributed by atoms with Gasteiger partial charge in [-0.15, -0.1) is 0 Å². The first-order chi connectivity index (χ1) is 8.55. The van der Waals surface area contributed by atoms with Gasteiger partial charge in [0, 0.05) is 35.3 Å². The smallest absolute Gasteiger partial charge is 0.246 e. The van der Waals surface area contributed by atoms with Gasteiger partial charge in [0.25, 0.3) is 0 Å². The summed E-state index contributed by atoms with van der Waals surface area (Å²) in [7, 11) is -3.54. The molecule has 18 heavy (non-hydrogen) atoms. The lowest BCUT2D eigenvalue weighted by Crippen LogP contribution is -2.38. The molecule has 3 N–H and O–H groups in total. The topological polar surface area (TPSA) is 88.3 Å². The van der Waals surface area contributed by atoms with Gasteiger partial charge in [0.2, 0.25) is 10.0 Å². The van der Waals surface area contributed by atoms with Crippen LogP contribution in [0.15, 0.2) is 21.6 Å². The fourth-order valence-electron chi connectivity index (χ4n) is 1.65. The van der Waals surface area contributed by atoms with Crippen molar-refractivity contribution >= 4 is 43.5 Å². The molecule has 9 heteroatoms. The highest BCUT2D eigenvalue weighted by Crippen LogP contribution is 2.27. The standard InChI is InChI=1S/C9H13BrN4O2S2/c10-7-5-8(9(13-11)12-6-7)18(15,16)14-1-3-17-4-2-14/h5-6H,1-4,11H2,(H,12,13). The van der Waals surface area contributed by atoms with E-state index in [-0.39, 0.29) is 10.7 Å². The average Bonchev–Trinajstić information content (AvgIpc) is 2.39. The van der Waals surface area contributed by atoms with Gasteiger partial charge in [-0.05, 0) is 22.0 Å². The quantitative estimate of drug-likeness (QED) is 0.619. The van der Waals surface area contributed by atoms with Gasteiger partial charge in [0.15, 0.2) is 5.82 Å². The molecular formula is C9H13BrN4O2S2. The first-order valence-electron chi connectivity index (χ1n) is 5.26. The zero-order valence-electron chi connectivity index (χ0n) is 9.47. The second-order valence-electron chi connectivity index (χ2n) is 3.66. The number of anilines is 1. The van der Waals surface area contributed by atoms with E-state index in [9.17, 15) is 8.42 Å². The van der Waals surface area contributed by atoms with Crippen LogP contribution in [-0.2, 0) is 10.0 Å². The van der Waals surface area contributed by atoms with E-state index >= 15 is 0 Å². The van der Waals surface area contributed by atoms with Gasteiger partial charge in [-0.1, -0.05) is 0 Å². The van der Waals surface area contributed by atoms with Crippen LogP contribution in [0.3, 0.4) is 0 Å². The third kappa shape index (κ3) is 2.80. The minimum absolute atomic E-state index is 0.103. The van der Waals surface area contributed by atoms with Crippen molar-refractivity contribution in [2.75, 3.05) is 30.0 Å². The fourth-order valence-corrected chi connectivity index (χ4v) is 4.84. The normalized spacial score (nSPS) is 17.7. The van der Waals surface area contributed by atoms with Crippen LogP contribution in [0.1, 0.15) is 0 Å². The molecule has 0 radical (unpaired) electrons. The van der Waals surface area contributed by atoms with Crippen molar-refractivity contribution in [2.45, 2.75) is 4.90 Å². The van der Waals surface area contributed by atoms with E-state index < -0.39 is 10.0 Å². The number of halogens is 1. The molecule has 1 saturated heterocycles. The summed E-state index contributed by atoms with van der Waals surface area (Å²) in [4.78, 5) is 4.07. The monoisotopic (exact) mass is 352 g/mol. The van der Waals surface area contributed by atoms with E-state index in [2.05, 4.69) is 26.3 Å². The van der Waals surface area contributed by atoms with Gasteiger partial charge in [-0.2, -0.15) is 16.1 Å². The zero-order valence-corrected chi connectivity index (χ0v) is 12.7. The number of nitrogens with zero attached hydrogens (tertiary/aromatic N) is 2. The molecule has 0 saturated carbocycles. The molecule has 2 rings (SSSR count). The molecule has 6 nitrogen and oxygen atoms in total. The van der Waals surface area contributed by atoms with E-state index in [0.717, 1.165) is 11.5 Å². The van der Waals surface area contributed by atoms with E-state index in [1.54, 1.807) is 11.8 Å². The molecule has 1 aromatic rings. The summed E-state index contributed by atoms with van der Waals surface area (Å²) in [6.07, 6.45) is 1.50. The van der Waals surface area contributed by atoms with Crippen molar-refractivity contribution in [3.63, 3.8) is 0 Å². The fraction of sp³-hybridized carbons (Fsp3) is 0.444. The summed E-state index contributed by atoms with van der Waals surface area (Å²) in [6, 6.07) is 1.51. The third-order valence-corrected chi connectivity index (χ3v) is 5.83. The molecule has 0 aliphatic carbocycles. The zero-order chi connectivity index (χ0) is 13.2. The molecule has 1 aliphatic heterocycles. The first kappa shape index (κ1) is 14.1. The lowest BCUT2D eigenvalue weighted by atomic mass is 10.5. The van der Waals surface area contributed by atoms with Gasteiger partial charge < -0.3 is 5.43 Å². The number of aromatic nitrogens is 1. The van der Waals surface area contributed by atoms with Crippen molar-refractivity contribution in [3.8, 4) is 0 Å². The summed E-state index contributed by atoms with van der Waals surface area (Å²) < 4.78 is 27.0. The van der Waals surface area contributed by atoms with Gasteiger partial charge in [0.05, 0.1) is 0 Å². The number of hydrazine groups is 1. The van der Waals surface area contributed by atoms with Gasteiger partial charge in [-0.25, -0.2) is 19.2 Å². The second kappa shape index (κ2) is 5.74. The van der Waals surface area contributed by atoms with Crippen LogP contribution < -0.4 is 11.3 Å². The van der Waals surface area contributed by atoms with Crippen LogP contribution in [-0.4, -0.2) is 42.3 Å². The number of hydrogen-bond donors (Lipinski definition) is 2. The SMILES string of the molecule is NNc1ncc(Br)cc1S(=O)(=O)N1CCSCC1. The number of nitrogen functional groups attached to an aromatic ring is 1. The molecule has 0 unspecified atom stereocenters. The highest BCUT2D eigenvalue weighted by molar-refractivity contribution is 9.10. The number of pyridine rings is 1. The van der Waals surface area contributed by atoms with E-state index in [1.807, 2.05) is 0 Å². The molecule has 1 aliphatic rings. The Bertz CT molecular complexity index is 531. The van der Waals surface area contributed by atoms with Crippen LogP contribution in [0.2, 0.25) is 0 Å². The van der Waals surface area contributed by atoms with Crippen molar-refractivity contribution in [1.82, 2.24) is 9.29 Å². The summed E-state index contributed by atoms with van der Waals surface area (Å²) in [5.41, 5.74) is 2.33.